The Morgan fingerprint density at radius 2 is 2.03 bits per heavy atom. The zero-order chi connectivity index (χ0) is 20.6. The Labute approximate surface area is 180 Å². The molecule has 0 saturated carbocycles. The summed E-state index contributed by atoms with van der Waals surface area (Å²) in [4.78, 5) is 21.0. The van der Waals surface area contributed by atoms with Crippen molar-refractivity contribution in [1.29, 1.82) is 0 Å². The number of benzene rings is 1. The van der Waals surface area contributed by atoms with E-state index in [9.17, 15) is 4.79 Å². The van der Waals surface area contributed by atoms with E-state index >= 15 is 0 Å². The summed E-state index contributed by atoms with van der Waals surface area (Å²) in [5, 5.41) is 6.11. The summed E-state index contributed by atoms with van der Waals surface area (Å²) in [6.07, 6.45) is 7.56. The molecule has 3 aromatic rings. The molecule has 0 spiro atoms. The van der Waals surface area contributed by atoms with Gasteiger partial charge < -0.3 is 14.8 Å². The van der Waals surface area contributed by atoms with Gasteiger partial charge in [0.25, 0.3) is 5.91 Å². The fraction of sp³-hybridized carbons (Fsp3) is 0.348. The first kappa shape index (κ1) is 20.5. The van der Waals surface area contributed by atoms with Gasteiger partial charge in [0, 0.05) is 48.5 Å². The predicted molar refractivity (Wildman–Crippen MR) is 117 cm³/mol. The average molecular weight is 424 g/mol. The number of rotatable bonds is 9. The number of nitrogens with zero attached hydrogens (tertiary/aromatic N) is 2. The molecule has 4 rings (SSSR count). The average Bonchev–Trinajstić information content (AvgIpc) is 3.48. The van der Waals surface area contributed by atoms with Crippen LogP contribution in [0.25, 0.3) is 11.3 Å². The van der Waals surface area contributed by atoms with Gasteiger partial charge in [0.15, 0.2) is 0 Å². The van der Waals surface area contributed by atoms with E-state index in [1.54, 1.807) is 35.9 Å². The number of pyridine rings is 1. The highest BCUT2D eigenvalue weighted by Crippen LogP contribution is 2.22. The van der Waals surface area contributed by atoms with Crippen molar-refractivity contribution in [3.8, 4) is 17.0 Å². The summed E-state index contributed by atoms with van der Waals surface area (Å²) in [6, 6.07) is 11.2. The lowest BCUT2D eigenvalue weighted by Crippen LogP contribution is -2.24. The maximum absolute atomic E-state index is 12.3. The number of carbonyl (C=O) groups excluding carboxylic acids is 1. The number of hydrogen-bond donors (Lipinski definition) is 1. The fourth-order valence-electron chi connectivity index (χ4n) is 3.29. The molecule has 1 aliphatic rings. The Morgan fingerprint density at radius 3 is 2.80 bits per heavy atom. The van der Waals surface area contributed by atoms with Crippen LogP contribution in [0.1, 0.15) is 34.6 Å². The maximum Gasteiger partial charge on any atom is 0.251 e. The van der Waals surface area contributed by atoms with E-state index in [2.05, 4.69) is 20.7 Å². The molecular formula is C23H25N3O3S. The van der Waals surface area contributed by atoms with Gasteiger partial charge in [-0.2, -0.15) is 0 Å². The molecule has 3 heterocycles. The molecular weight excluding hydrogens is 398 g/mol. The van der Waals surface area contributed by atoms with E-state index in [1.807, 2.05) is 24.3 Å². The topological polar surface area (TPSA) is 73.3 Å². The first-order chi connectivity index (χ1) is 14.8. The largest absolute Gasteiger partial charge is 0.491 e. The van der Waals surface area contributed by atoms with Gasteiger partial charge in [0.05, 0.1) is 16.8 Å². The molecule has 1 amide bonds. The summed E-state index contributed by atoms with van der Waals surface area (Å²) < 4.78 is 11.3. The van der Waals surface area contributed by atoms with Gasteiger partial charge in [0.1, 0.15) is 12.4 Å². The second-order valence-corrected chi connectivity index (χ2v) is 8.13. The summed E-state index contributed by atoms with van der Waals surface area (Å²) in [5.74, 6) is 0.688. The Balaban J connectivity index is 1.18. The lowest BCUT2D eigenvalue weighted by Gasteiger charge is -2.11. The van der Waals surface area contributed by atoms with Crippen molar-refractivity contribution in [2.24, 2.45) is 0 Å². The van der Waals surface area contributed by atoms with Crippen LogP contribution in [0, 0.1) is 0 Å². The molecule has 7 heteroatoms. The van der Waals surface area contributed by atoms with E-state index < -0.39 is 0 Å². The number of aromatic nitrogens is 2. The van der Waals surface area contributed by atoms with Crippen molar-refractivity contribution in [2.45, 2.75) is 31.8 Å². The van der Waals surface area contributed by atoms with Gasteiger partial charge >= 0.3 is 0 Å². The minimum Gasteiger partial charge on any atom is -0.491 e. The molecule has 0 bridgehead atoms. The molecule has 1 saturated heterocycles. The molecule has 1 aliphatic heterocycles. The fourth-order valence-corrected chi connectivity index (χ4v) is 4.14. The van der Waals surface area contributed by atoms with Gasteiger partial charge in [0.2, 0.25) is 0 Å². The number of nitrogens with one attached hydrogen (secondary N) is 1. The smallest absolute Gasteiger partial charge is 0.251 e. The Morgan fingerprint density at radius 1 is 1.20 bits per heavy atom. The van der Waals surface area contributed by atoms with Gasteiger partial charge in [-0.15, -0.1) is 11.3 Å². The lowest BCUT2D eigenvalue weighted by atomic mass is 10.2. The van der Waals surface area contributed by atoms with Crippen LogP contribution in [0.5, 0.6) is 5.75 Å². The molecule has 1 aromatic carbocycles. The maximum atomic E-state index is 12.3. The third kappa shape index (κ3) is 5.64. The molecule has 1 N–H and O–H groups in total. The first-order valence-electron chi connectivity index (χ1n) is 10.3. The Bertz CT molecular complexity index is 938. The quantitative estimate of drug-likeness (QED) is 0.524. The lowest BCUT2D eigenvalue weighted by molar-refractivity contribution is 0.0679. The monoisotopic (exact) mass is 423 g/mol. The summed E-state index contributed by atoms with van der Waals surface area (Å²) in [5.41, 5.74) is 2.68. The van der Waals surface area contributed by atoms with Crippen molar-refractivity contribution in [1.82, 2.24) is 15.3 Å². The van der Waals surface area contributed by atoms with Crippen LogP contribution in [-0.4, -0.2) is 41.7 Å². The molecule has 0 radical (unpaired) electrons. The van der Waals surface area contributed by atoms with Crippen LogP contribution in [0.3, 0.4) is 0 Å². The first-order valence-corrected chi connectivity index (χ1v) is 11.1. The molecule has 6 nitrogen and oxygen atoms in total. The van der Waals surface area contributed by atoms with Gasteiger partial charge in [-0.3, -0.25) is 9.78 Å². The molecule has 1 unspecified atom stereocenters. The summed E-state index contributed by atoms with van der Waals surface area (Å²) >= 11 is 1.65. The minimum absolute atomic E-state index is 0.0720. The Kier molecular flexibility index (Phi) is 7.05. The van der Waals surface area contributed by atoms with Crippen molar-refractivity contribution < 1.29 is 14.3 Å². The van der Waals surface area contributed by atoms with E-state index in [4.69, 9.17) is 9.47 Å². The number of ether oxygens (including phenoxy) is 2. The minimum atomic E-state index is -0.0720. The van der Waals surface area contributed by atoms with Crippen LogP contribution in [0.4, 0.5) is 0 Å². The molecule has 1 atom stereocenters. The van der Waals surface area contributed by atoms with Crippen LogP contribution < -0.4 is 10.1 Å². The number of amides is 1. The van der Waals surface area contributed by atoms with Crippen molar-refractivity contribution >= 4 is 17.2 Å². The third-order valence-corrected chi connectivity index (χ3v) is 5.87. The summed E-state index contributed by atoms with van der Waals surface area (Å²) in [7, 11) is 0. The van der Waals surface area contributed by atoms with Gasteiger partial charge in [-0.1, -0.05) is 0 Å². The second-order valence-electron chi connectivity index (χ2n) is 7.19. The highest BCUT2D eigenvalue weighted by atomic mass is 32.1. The second kappa shape index (κ2) is 10.3. The van der Waals surface area contributed by atoms with E-state index in [0.29, 0.717) is 18.7 Å². The zero-order valence-electron chi connectivity index (χ0n) is 16.8. The number of aryl methyl sites for hydroxylation is 1. The van der Waals surface area contributed by atoms with Crippen molar-refractivity contribution in [3.63, 3.8) is 0 Å². The third-order valence-electron chi connectivity index (χ3n) is 4.96. The van der Waals surface area contributed by atoms with Crippen molar-refractivity contribution in [2.75, 3.05) is 19.8 Å². The molecule has 156 valence electrons. The molecule has 0 aliphatic carbocycles. The van der Waals surface area contributed by atoms with E-state index in [0.717, 1.165) is 54.3 Å². The Hall–Kier alpha value is -2.77. The van der Waals surface area contributed by atoms with Crippen LogP contribution in [-0.2, 0) is 11.2 Å². The van der Waals surface area contributed by atoms with Gasteiger partial charge in [-0.25, -0.2) is 4.98 Å². The molecule has 2 aromatic heterocycles. The van der Waals surface area contributed by atoms with E-state index in [-0.39, 0.29) is 12.0 Å². The predicted octanol–water partition coefficient (Wildman–Crippen LogP) is 4.13. The standard InChI is InChI=1S/C23H25N3O3S/c27-23(18-5-7-19(8-6-18)29-15-20-3-2-14-28-20)25-11-1-4-22-26-21(16-30-22)17-9-12-24-13-10-17/h5-10,12-13,16,20H,1-4,11,14-15H2,(H,25,27). The SMILES string of the molecule is O=C(NCCCc1nc(-c2ccncc2)cs1)c1ccc(OCC2CCCO2)cc1. The number of thiazole rings is 1. The van der Waals surface area contributed by atoms with Crippen LogP contribution >= 0.6 is 11.3 Å². The van der Waals surface area contributed by atoms with Crippen LogP contribution in [0.15, 0.2) is 54.2 Å². The normalized spacial score (nSPS) is 15.8. The molecule has 30 heavy (non-hydrogen) atoms. The number of carbonyl (C=O) groups is 1. The zero-order valence-corrected chi connectivity index (χ0v) is 17.6. The highest BCUT2D eigenvalue weighted by Gasteiger charge is 2.16. The van der Waals surface area contributed by atoms with Crippen LogP contribution in [0.2, 0.25) is 0 Å². The van der Waals surface area contributed by atoms with Crippen molar-refractivity contribution in [3.05, 3.63) is 64.7 Å². The summed E-state index contributed by atoms with van der Waals surface area (Å²) in [6.45, 7) is 1.99. The number of hydrogen-bond acceptors (Lipinski definition) is 6. The van der Waals surface area contributed by atoms with Gasteiger partial charge in [-0.05, 0) is 55.7 Å². The molecule has 1 fully saturated rings. The highest BCUT2D eigenvalue weighted by molar-refractivity contribution is 7.09. The van der Waals surface area contributed by atoms with E-state index in [1.165, 1.54) is 0 Å².